The van der Waals surface area contributed by atoms with Crippen molar-refractivity contribution in [3.63, 3.8) is 0 Å². The summed E-state index contributed by atoms with van der Waals surface area (Å²) >= 11 is 2.89. The maximum absolute atomic E-state index is 12.4. The van der Waals surface area contributed by atoms with Crippen molar-refractivity contribution < 1.29 is 22.4 Å². The molecule has 1 unspecified atom stereocenters. The highest BCUT2D eigenvalue weighted by Gasteiger charge is 2.55. The summed E-state index contributed by atoms with van der Waals surface area (Å²) in [5.41, 5.74) is 1.99. The summed E-state index contributed by atoms with van der Waals surface area (Å²) in [6, 6.07) is 1.32. The Kier molecular flexibility index (Phi) is 2.97. The molecule has 15 heavy (non-hydrogen) atoms. The van der Waals surface area contributed by atoms with Crippen LogP contribution in [0.3, 0.4) is 0 Å². The number of nitrogens with two attached hydrogens (primary N) is 1. The average Bonchev–Trinajstić information content (AvgIpc) is 2.48. The number of carbonyl (C=O) groups is 1. The number of ketones is 1. The standard InChI is InChI=1S/C8H7BrF3NO2/c1-7(13,8(10,11)12)6(14)5-4(9)2-3-15-5/h2-3H,13H2,1H3. The highest BCUT2D eigenvalue weighted by molar-refractivity contribution is 9.10. The molecular weight excluding hydrogens is 279 g/mol. The molecule has 0 aliphatic rings. The summed E-state index contributed by atoms with van der Waals surface area (Å²) in [5, 5.41) is 0. The first-order chi connectivity index (χ1) is 6.68. The fourth-order valence-electron chi connectivity index (χ4n) is 0.820. The van der Waals surface area contributed by atoms with Gasteiger partial charge in [-0.15, -0.1) is 0 Å². The van der Waals surface area contributed by atoms with Crippen LogP contribution >= 0.6 is 15.9 Å². The molecular formula is C8H7BrF3NO2. The third kappa shape index (κ3) is 2.07. The molecule has 0 fully saturated rings. The van der Waals surface area contributed by atoms with Gasteiger partial charge in [0.05, 0.1) is 10.7 Å². The number of hydrogen-bond donors (Lipinski definition) is 1. The van der Waals surface area contributed by atoms with Crippen molar-refractivity contribution in [2.45, 2.75) is 18.6 Å². The predicted molar refractivity (Wildman–Crippen MR) is 49.4 cm³/mol. The number of furan rings is 1. The summed E-state index contributed by atoms with van der Waals surface area (Å²) in [4.78, 5) is 11.4. The molecule has 0 bridgehead atoms. The van der Waals surface area contributed by atoms with Gasteiger partial charge in [-0.25, -0.2) is 0 Å². The van der Waals surface area contributed by atoms with Gasteiger partial charge in [0.1, 0.15) is 0 Å². The van der Waals surface area contributed by atoms with Gasteiger partial charge in [-0.2, -0.15) is 13.2 Å². The molecule has 84 valence electrons. The zero-order chi connectivity index (χ0) is 11.9. The second-order valence-corrected chi connectivity index (χ2v) is 3.98. The first-order valence-electron chi connectivity index (χ1n) is 3.81. The van der Waals surface area contributed by atoms with Gasteiger partial charge >= 0.3 is 6.18 Å². The Morgan fingerprint density at radius 2 is 2.07 bits per heavy atom. The van der Waals surface area contributed by atoms with E-state index in [0.717, 1.165) is 6.26 Å². The van der Waals surface area contributed by atoms with Crippen LogP contribution in [0.25, 0.3) is 0 Å². The monoisotopic (exact) mass is 285 g/mol. The summed E-state index contributed by atoms with van der Waals surface area (Å²) < 4.78 is 42.0. The minimum atomic E-state index is -4.82. The molecule has 0 aromatic carbocycles. The number of halogens is 4. The molecule has 0 spiro atoms. The van der Waals surface area contributed by atoms with Crippen molar-refractivity contribution >= 4 is 21.7 Å². The highest BCUT2D eigenvalue weighted by atomic mass is 79.9. The van der Waals surface area contributed by atoms with Crippen LogP contribution in [0.2, 0.25) is 0 Å². The van der Waals surface area contributed by atoms with E-state index in [1.165, 1.54) is 6.07 Å². The van der Waals surface area contributed by atoms with Crippen molar-refractivity contribution in [3.05, 3.63) is 22.6 Å². The van der Waals surface area contributed by atoms with E-state index in [9.17, 15) is 18.0 Å². The Morgan fingerprint density at radius 1 is 1.53 bits per heavy atom. The lowest BCUT2D eigenvalue weighted by Gasteiger charge is -2.24. The van der Waals surface area contributed by atoms with Gasteiger partial charge in [-0.05, 0) is 28.9 Å². The topological polar surface area (TPSA) is 56.2 Å². The van der Waals surface area contributed by atoms with Crippen molar-refractivity contribution in [1.29, 1.82) is 0 Å². The number of alkyl halides is 3. The van der Waals surface area contributed by atoms with Crippen LogP contribution in [0.4, 0.5) is 13.2 Å². The Balaban J connectivity index is 3.11. The Morgan fingerprint density at radius 3 is 2.40 bits per heavy atom. The SMILES string of the molecule is CC(N)(C(=O)c1occc1Br)C(F)(F)F. The van der Waals surface area contributed by atoms with Gasteiger partial charge in [0.25, 0.3) is 0 Å². The molecule has 0 aliphatic heterocycles. The molecule has 0 radical (unpaired) electrons. The van der Waals surface area contributed by atoms with E-state index < -0.39 is 23.3 Å². The van der Waals surface area contributed by atoms with E-state index in [1.807, 2.05) is 0 Å². The number of Topliss-reactive ketones (excluding diaryl/α,β-unsaturated/α-hetero) is 1. The lowest BCUT2D eigenvalue weighted by Crippen LogP contribution is -2.57. The number of hydrogen-bond acceptors (Lipinski definition) is 3. The van der Waals surface area contributed by atoms with E-state index >= 15 is 0 Å². The van der Waals surface area contributed by atoms with E-state index in [4.69, 9.17) is 5.73 Å². The summed E-state index contributed by atoms with van der Waals surface area (Å²) in [6.45, 7) is 0.601. The zero-order valence-electron chi connectivity index (χ0n) is 7.56. The van der Waals surface area contributed by atoms with Gasteiger partial charge in [0, 0.05) is 0 Å². The Bertz CT molecular complexity index is 383. The van der Waals surface area contributed by atoms with E-state index in [0.29, 0.717) is 6.92 Å². The zero-order valence-corrected chi connectivity index (χ0v) is 9.15. The fraction of sp³-hybridized carbons (Fsp3) is 0.375. The second-order valence-electron chi connectivity index (χ2n) is 3.13. The number of rotatable bonds is 2. The summed E-state index contributed by atoms with van der Waals surface area (Å²) in [7, 11) is 0. The van der Waals surface area contributed by atoms with Crippen LogP contribution in [0.15, 0.2) is 21.2 Å². The molecule has 1 atom stereocenters. The predicted octanol–water partition coefficient (Wildman–Crippen LogP) is 2.50. The van der Waals surface area contributed by atoms with Gasteiger partial charge in [-0.1, -0.05) is 0 Å². The second kappa shape index (κ2) is 3.64. The first kappa shape index (κ1) is 12.3. The minimum absolute atomic E-state index is 0.147. The third-order valence-corrected chi connectivity index (χ3v) is 2.51. The molecule has 0 saturated heterocycles. The number of carbonyl (C=O) groups excluding carboxylic acids is 1. The molecule has 2 N–H and O–H groups in total. The molecule has 1 rings (SSSR count). The minimum Gasteiger partial charge on any atom is -0.460 e. The van der Waals surface area contributed by atoms with Crippen LogP contribution in [-0.4, -0.2) is 17.5 Å². The van der Waals surface area contributed by atoms with E-state index in [1.54, 1.807) is 0 Å². The summed E-state index contributed by atoms with van der Waals surface area (Å²) in [6.07, 6.45) is -3.72. The molecule has 1 heterocycles. The quantitative estimate of drug-likeness (QED) is 0.850. The molecule has 1 aromatic heterocycles. The van der Waals surface area contributed by atoms with Gasteiger partial charge in [0.15, 0.2) is 11.3 Å². The van der Waals surface area contributed by atoms with Gasteiger partial charge < -0.3 is 10.2 Å². The molecule has 0 amide bonds. The van der Waals surface area contributed by atoms with Gasteiger partial charge in [-0.3, -0.25) is 4.79 Å². The van der Waals surface area contributed by atoms with E-state index in [2.05, 4.69) is 20.3 Å². The molecule has 7 heteroatoms. The van der Waals surface area contributed by atoms with Crippen molar-refractivity contribution in [1.82, 2.24) is 0 Å². The third-order valence-electron chi connectivity index (χ3n) is 1.88. The highest BCUT2D eigenvalue weighted by Crippen LogP contribution is 2.32. The largest absolute Gasteiger partial charge is 0.460 e. The van der Waals surface area contributed by atoms with Crippen LogP contribution in [0.1, 0.15) is 17.5 Å². The molecule has 0 saturated carbocycles. The van der Waals surface area contributed by atoms with Crippen molar-refractivity contribution in [2.75, 3.05) is 0 Å². The molecule has 1 aromatic rings. The maximum Gasteiger partial charge on any atom is 0.413 e. The average molecular weight is 286 g/mol. The van der Waals surface area contributed by atoms with E-state index in [-0.39, 0.29) is 4.47 Å². The summed E-state index contributed by atoms with van der Waals surface area (Å²) in [5.74, 6) is -1.75. The maximum atomic E-state index is 12.4. The normalized spacial score (nSPS) is 16.1. The molecule has 3 nitrogen and oxygen atoms in total. The van der Waals surface area contributed by atoms with Gasteiger partial charge in [0.2, 0.25) is 5.78 Å². The fourth-order valence-corrected chi connectivity index (χ4v) is 1.20. The molecule has 0 aliphatic carbocycles. The lowest BCUT2D eigenvalue weighted by molar-refractivity contribution is -0.166. The van der Waals surface area contributed by atoms with Crippen LogP contribution in [0, 0.1) is 0 Å². The van der Waals surface area contributed by atoms with Crippen LogP contribution < -0.4 is 5.73 Å². The Hall–Kier alpha value is -0.820. The van der Waals surface area contributed by atoms with Crippen molar-refractivity contribution in [3.8, 4) is 0 Å². The first-order valence-corrected chi connectivity index (χ1v) is 4.60. The van der Waals surface area contributed by atoms with Crippen LogP contribution in [-0.2, 0) is 0 Å². The smallest absolute Gasteiger partial charge is 0.413 e. The van der Waals surface area contributed by atoms with Crippen LogP contribution in [0.5, 0.6) is 0 Å². The Labute approximate surface area is 91.6 Å². The van der Waals surface area contributed by atoms with Crippen molar-refractivity contribution in [2.24, 2.45) is 5.73 Å². The lowest BCUT2D eigenvalue weighted by atomic mass is 9.95.